The lowest BCUT2D eigenvalue weighted by molar-refractivity contribution is 1.28. The molecule has 0 amide bonds. The molecular formula is C20H18N2O2. The maximum Gasteiger partial charge on any atom is 0.248 e. The van der Waals surface area contributed by atoms with Crippen LogP contribution in [-0.4, -0.2) is 9.97 Å². The second-order valence-electron chi connectivity index (χ2n) is 5.72. The van der Waals surface area contributed by atoms with Gasteiger partial charge >= 0.3 is 0 Å². The number of rotatable bonds is 0. The molecule has 24 heavy (non-hydrogen) atoms. The van der Waals surface area contributed by atoms with Crippen molar-refractivity contribution in [2.45, 2.75) is 13.8 Å². The minimum atomic E-state index is -0.0359. The standard InChI is InChI=1S/2C10H9NO/c2*1-7-6-10(12)11-9-5-3-2-4-8(7)9/h2*2-6H,1H3,(H,11,12). The van der Waals surface area contributed by atoms with Crippen LogP contribution in [0.2, 0.25) is 0 Å². The fourth-order valence-corrected chi connectivity index (χ4v) is 2.76. The summed E-state index contributed by atoms with van der Waals surface area (Å²) in [7, 11) is 0. The Morgan fingerprint density at radius 2 is 1.00 bits per heavy atom. The van der Waals surface area contributed by atoms with Crippen LogP contribution in [-0.2, 0) is 0 Å². The first-order valence-corrected chi connectivity index (χ1v) is 7.72. The molecule has 2 aromatic heterocycles. The number of fused-ring (bicyclic) bond motifs is 2. The molecule has 0 radical (unpaired) electrons. The first-order valence-electron chi connectivity index (χ1n) is 7.72. The van der Waals surface area contributed by atoms with Gasteiger partial charge in [-0.05, 0) is 37.1 Å². The highest BCUT2D eigenvalue weighted by atomic mass is 16.1. The highest BCUT2D eigenvalue weighted by Gasteiger charge is 1.97. The van der Waals surface area contributed by atoms with E-state index in [9.17, 15) is 9.59 Å². The smallest absolute Gasteiger partial charge is 0.248 e. The summed E-state index contributed by atoms with van der Waals surface area (Å²) in [6, 6.07) is 18.8. The van der Waals surface area contributed by atoms with Crippen LogP contribution < -0.4 is 11.1 Å². The summed E-state index contributed by atoms with van der Waals surface area (Å²) in [6.45, 7) is 3.88. The SMILES string of the molecule is Cc1cc(=O)[nH]c2ccccc12.Cc1cc(=O)[nH]c2ccccc12. The van der Waals surface area contributed by atoms with E-state index in [1.807, 2.05) is 62.4 Å². The van der Waals surface area contributed by atoms with E-state index < -0.39 is 0 Å². The number of nitrogens with one attached hydrogen (secondary N) is 2. The molecule has 4 nitrogen and oxygen atoms in total. The molecule has 0 unspecified atom stereocenters. The third-order valence-electron chi connectivity index (χ3n) is 3.91. The molecule has 0 aliphatic rings. The van der Waals surface area contributed by atoms with Crippen molar-refractivity contribution >= 4 is 21.8 Å². The van der Waals surface area contributed by atoms with E-state index >= 15 is 0 Å². The van der Waals surface area contributed by atoms with Gasteiger partial charge in [-0.25, -0.2) is 0 Å². The van der Waals surface area contributed by atoms with E-state index in [-0.39, 0.29) is 11.1 Å². The number of H-pyrrole nitrogens is 2. The fraction of sp³-hybridized carbons (Fsp3) is 0.100. The summed E-state index contributed by atoms with van der Waals surface area (Å²) in [5, 5.41) is 2.22. The third-order valence-corrected chi connectivity index (χ3v) is 3.91. The number of pyridine rings is 2. The Hall–Kier alpha value is -3.14. The lowest BCUT2D eigenvalue weighted by Crippen LogP contribution is -2.04. The Balaban J connectivity index is 0.000000141. The predicted molar refractivity (Wildman–Crippen MR) is 98.6 cm³/mol. The van der Waals surface area contributed by atoms with E-state index in [1.54, 1.807) is 12.1 Å². The van der Waals surface area contributed by atoms with Gasteiger partial charge in [-0.15, -0.1) is 0 Å². The van der Waals surface area contributed by atoms with Gasteiger partial charge in [0.05, 0.1) is 0 Å². The molecule has 0 saturated carbocycles. The monoisotopic (exact) mass is 318 g/mol. The summed E-state index contributed by atoms with van der Waals surface area (Å²) < 4.78 is 0. The summed E-state index contributed by atoms with van der Waals surface area (Å²) in [5.41, 5.74) is 3.78. The highest BCUT2D eigenvalue weighted by molar-refractivity contribution is 5.82. The summed E-state index contributed by atoms with van der Waals surface area (Å²) in [6.07, 6.45) is 0. The van der Waals surface area contributed by atoms with E-state index in [0.29, 0.717) is 0 Å². The zero-order valence-electron chi connectivity index (χ0n) is 13.6. The number of hydrogen-bond acceptors (Lipinski definition) is 2. The van der Waals surface area contributed by atoms with Crippen molar-refractivity contribution in [1.82, 2.24) is 9.97 Å². The zero-order chi connectivity index (χ0) is 17.1. The Labute approximate surface area is 138 Å². The highest BCUT2D eigenvalue weighted by Crippen LogP contribution is 2.13. The molecule has 0 bridgehead atoms. The van der Waals surface area contributed by atoms with E-state index in [1.165, 1.54) is 0 Å². The van der Waals surface area contributed by atoms with E-state index in [0.717, 1.165) is 32.9 Å². The molecule has 4 heteroatoms. The first kappa shape index (κ1) is 15.7. The predicted octanol–water partition coefficient (Wildman–Crippen LogP) is 3.67. The fourth-order valence-electron chi connectivity index (χ4n) is 2.76. The lowest BCUT2D eigenvalue weighted by atomic mass is 10.1. The molecule has 0 spiro atoms. The first-order chi connectivity index (χ1) is 11.5. The number of benzene rings is 2. The van der Waals surface area contributed by atoms with Crippen molar-refractivity contribution < 1.29 is 0 Å². The average molecular weight is 318 g/mol. The maximum absolute atomic E-state index is 11.0. The number of para-hydroxylation sites is 2. The van der Waals surface area contributed by atoms with Crippen LogP contribution in [0.5, 0.6) is 0 Å². The lowest BCUT2D eigenvalue weighted by Gasteiger charge is -1.98. The zero-order valence-corrected chi connectivity index (χ0v) is 13.6. The van der Waals surface area contributed by atoms with Crippen molar-refractivity contribution in [3.05, 3.63) is 92.5 Å². The number of hydrogen-bond donors (Lipinski definition) is 2. The Morgan fingerprint density at radius 1 is 0.625 bits per heavy atom. The van der Waals surface area contributed by atoms with Crippen molar-refractivity contribution in [1.29, 1.82) is 0 Å². The van der Waals surface area contributed by atoms with Crippen LogP contribution in [0, 0.1) is 13.8 Å². The van der Waals surface area contributed by atoms with Gasteiger partial charge in [0.1, 0.15) is 0 Å². The van der Waals surface area contributed by atoms with Gasteiger partial charge in [-0.2, -0.15) is 0 Å². The van der Waals surface area contributed by atoms with Gasteiger partial charge in [0.25, 0.3) is 0 Å². The van der Waals surface area contributed by atoms with Crippen molar-refractivity contribution in [3.8, 4) is 0 Å². The topological polar surface area (TPSA) is 65.7 Å². The van der Waals surface area contributed by atoms with Crippen LogP contribution in [0.3, 0.4) is 0 Å². The van der Waals surface area contributed by atoms with Crippen molar-refractivity contribution in [2.24, 2.45) is 0 Å². The van der Waals surface area contributed by atoms with Gasteiger partial charge < -0.3 is 9.97 Å². The second-order valence-corrected chi connectivity index (χ2v) is 5.72. The quantitative estimate of drug-likeness (QED) is 0.519. The number of aryl methyl sites for hydroxylation is 2. The molecule has 0 aliphatic heterocycles. The molecule has 0 saturated heterocycles. The molecule has 120 valence electrons. The molecular weight excluding hydrogens is 300 g/mol. The molecule has 2 aromatic carbocycles. The van der Waals surface area contributed by atoms with Crippen LogP contribution >= 0.6 is 0 Å². The van der Waals surface area contributed by atoms with Gasteiger partial charge in [0.2, 0.25) is 11.1 Å². The van der Waals surface area contributed by atoms with Crippen LogP contribution in [0.4, 0.5) is 0 Å². The molecule has 0 aliphatic carbocycles. The molecule has 2 heterocycles. The minimum absolute atomic E-state index is 0.0359. The third kappa shape index (κ3) is 3.27. The van der Waals surface area contributed by atoms with E-state index in [4.69, 9.17) is 0 Å². The summed E-state index contributed by atoms with van der Waals surface area (Å²) in [5.74, 6) is 0. The molecule has 2 N–H and O–H groups in total. The van der Waals surface area contributed by atoms with Crippen molar-refractivity contribution in [3.63, 3.8) is 0 Å². The number of aromatic amines is 2. The summed E-state index contributed by atoms with van der Waals surface area (Å²) >= 11 is 0. The van der Waals surface area contributed by atoms with Crippen molar-refractivity contribution in [2.75, 3.05) is 0 Å². The van der Waals surface area contributed by atoms with Crippen LogP contribution in [0.25, 0.3) is 21.8 Å². The van der Waals surface area contributed by atoms with Gasteiger partial charge in [-0.3, -0.25) is 9.59 Å². The van der Waals surface area contributed by atoms with Gasteiger partial charge in [-0.1, -0.05) is 36.4 Å². The molecule has 0 fully saturated rings. The normalized spacial score (nSPS) is 10.4. The maximum atomic E-state index is 11.0. The Bertz CT molecular complexity index is 1030. The van der Waals surface area contributed by atoms with Crippen LogP contribution in [0.1, 0.15) is 11.1 Å². The Morgan fingerprint density at radius 3 is 1.42 bits per heavy atom. The molecule has 4 rings (SSSR count). The average Bonchev–Trinajstić information content (AvgIpc) is 2.55. The minimum Gasteiger partial charge on any atom is -0.322 e. The molecule has 4 aromatic rings. The molecule has 0 atom stereocenters. The summed E-state index contributed by atoms with van der Waals surface area (Å²) in [4.78, 5) is 27.6. The van der Waals surface area contributed by atoms with Crippen LogP contribution in [0.15, 0.2) is 70.3 Å². The van der Waals surface area contributed by atoms with Gasteiger partial charge in [0, 0.05) is 33.9 Å². The number of aromatic nitrogens is 2. The van der Waals surface area contributed by atoms with E-state index in [2.05, 4.69) is 9.97 Å². The second kappa shape index (κ2) is 6.54. The van der Waals surface area contributed by atoms with Gasteiger partial charge in [0.15, 0.2) is 0 Å². The largest absolute Gasteiger partial charge is 0.322 e. The Kier molecular flexibility index (Phi) is 4.29.